The molecule has 8 nitrogen and oxygen atoms in total. The molecule has 1 saturated heterocycles. The number of anilines is 1. The van der Waals surface area contributed by atoms with Crippen LogP contribution in [0.2, 0.25) is 5.02 Å². The summed E-state index contributed by atoms with van der Waals surface area (Å²) >= 11 is 6.83. The molecule has 0 unspecified atom stereocenters. The van der Waals surface area contributed by atoms with Crippen LogP contribution in [0.15, 0.2) is 54.0 Å². The second-order valence-corrected chi connectivity index (χ2v) is 11.7. The highest BCUT2D eigenvalue weighted by Gasteiger charge is 2.34. The van der Waals surface area contributed by atoms with Gasteiger partial charge in [0, 0.05) is 36.9 Å². The fourth-order valence-corrected chi connectivity index (χ4v) is 5.92. The zero-order valence-electron chi connectivity index (χ0n) is 24.7. The number of halogens is 2. The van der Waals surface area contributed by atoms with E-state index in [0.29, 0.717) is 41.3 Å². The Morgan fingerprint density at radius 2 is 1.84 bits per heavy atom. The number of aromatic nitrogens is 4. The maximum Gasteiger partial charge on any atom is 0.355 e. The van der Waals surface area contributed by atoms with Gasteiger partial charge < -0.3 is 9.80 Å². The molecule has 0 aliphatic carbocycles. The first-order valence-corrected chi connectivity index (χ1v) is 14.4. The van der Waals surface area contributed by atoms with E-state index in [-0.39, 0.29) is 47.6 Å². The maximum atomic E-state index is 15.1. The molecule has 1 amide bonds. The molecule has 4 aromatic rings. The Kier molecular flexibility index (Phi) is 9.06. The van der Waals surface area contributed by atoms with Crippen molar-refractivity contribution in [1.29, 1.82) is 0 Å². The van der Waals surface area contributed by atoms with Gasteiger partial charge in [-0.2, -0.15) is 4.98 Å². The lowest BCUT2D eigenvalue weighted by Crippen LogP contribution is -2.58. The quantitative estimate of drug-likeness (QED) is 0.238. The van der Waals surface area contributed by atoms with Gasteiger partial charge in [0.15, 0.2) is 5.65 Å². The largest absolute Gasteiger partial charge is 0.355 e. The summed E-state index contributed by atoms with van der Waals surface area (Å²) in [5.41, 5.74) is 3.21. The van der Waals surface area contributed by atoms with E-state index in [1.807, 2.05) is 52.5 Å². The van der Waals surface area contributed by atoms with Gasteiger partial charge in [0.25, 0.3) is 0 Å². The van der Waals surface area contributed by atoms with Crippen molar-refractivity contribution in [2.24, 2.45) is 0 Å². The molecule has 0 radical (unpaired) electrons. The third-order valence-electron chi connectivity index (χ3n) is 7.82. The normalized spacial score (nSPS) is 16.9. The number of pyridine rings is 2. The van der Waals surface area contributed by atoms with E-state index in [1.165, 1.54) is 16.7 Å². The monoisotopic (exact) mass is 604 g/mol. The molecular weight excluding hydrogens is 567 g/mol. The number of rotatable bonds is 5. The molecule has 1 fully saturated rings. The minimum absolute atomic E-state index is 0. The zero-order valence-corrected chi connectivity index (χ0v) is 25.4. The number of piperazine rings is 1. The Bertz CT molecular complexity index is 1790. The van der Waals surface area contributed by atoms with Gasteiger partial charge in [-0.1, -0.05) is 51.1 Å². The van der Waals surface area contributed by atoms with E-state index in [1.54, 1.807) is 29.3 Å². The maximum absolute atomic E-state index is 15.1. The lowest BCUT2D eigenvalue weighted by molar-refractivity contribution is -0.128. The molecule has 226 valence electrons. The van der Waals surface area contributed by atoms with Crippen molar-refractivity contribution in [3.8, 4) is 16.9 Å². The van der Waals surface area contributed by atoms with Crippen molar-refractivity contribution in [3.63, 3.8) is 0 Å². The average Bonchev–Trinajstić information content (AvgIpc) is 2.95. The second-order valence-electron chi connectivity index (χ2n) is 11.3. The summed E-state index contributed by atoms with van der Waals surface area (Å²) < 4.78 is 16.6. The molecule has 1 aliphatic rings. The standard InChI is InChI=1S/C32H34ClFN6O2.CH4/c1-8-26(41)38-15-21(7)39(16-20(38)6)30-23-14-24(33)28(22-13-18(4)9-10-25(22)34)36-31(23)40(32(42)37-30)29-19(5)11-12-35-27(29)17(2)3;/h8-14,17,20-21H,1,15-16H2,2-7H3;1H4/t20-,21+;/m1./s1. The Morgan fingerprint density at radius 1 is 1.12 bits per heavy atom. The van der Waals surface area contributed by atoms with Crippen LogP contribution >= 0.6 is 11.6 Å². The SMILES string of the molecule is C.C=CC(=O)N1C[C@H](C)N(c2nc(=O)n(-c3c(C)ccnc3C(C)C)c3nc(-c4cc(C)ccc4F)c(Cl)cc23)C[C@H]1C. The number of carbonyl (C=O) groups is 1. The fourth-order valence-electron chi connectivity index (χ4n) is 5.67. The molecule has 0 N–H and O–H groups in total. The summed E-state index contributed by atoms with van der Waals surface area (Å²) in [6.07, 6.45) is 3.03. The summed E-state index contributed by atoms with van der Waals surface area (Å²) in [7, 11) is 0. The van der Waals surface area contributed by atoms with Crippen LogP contribution in [0.1, 0.15) is 57.9 Å². The molecule has 1 aromatic carbocycles. The third kappa shape index (κ3) is 5.66. The van der Waals surface area contributed by atoms with E-state index in [0.717, 1.165) is 11.1 Å². The van der Waals surface area contributed by atoms with Crippen LogP contribution in [-0.2, 0) is 4.79 Å². The highest BCUT2D eigenvalue weighted by atomic mass is 35.5. The topological polar surface area (TPSA) is 84.2 Å². The molecule has 4 heterocycles. The number of carbonyl (C=O) groups excluding carboxylic acids is 1. The number of benzene rings is 1. The molecule has 0 bridgehead atoms. The molecule has 3 aromatic heterocycles. The van der Waals surface area contributed by atoms with E-state index >= 15 is 4.39 Å². The van der Waals surface area contributed by atoms with Crippen LogP contribution in [0.4, 0.5) is 10.2 Å². The van der Waals surface area contributed by atoms with Crippen LogP contribution in [0.25, 0.3) is 28.0 Å². The van der Waals surface area contributed by atoms with Crippen molar-refractivity contribution in [2.75, 3.05) is 18.0 Å². The number of hydrogen-bond acceptors (Lipinski definition) is 6. The first-order valence-electron chi connectivity index (χ1n) is 14.0. The van der Waals surface area contributed by atoms with Gasteiger partial charge >= 0.3 is 5.69 Å². The van der Waals surface area contributed by atoms with E-state index in [4.69, 9.17) is 16.6 Å². The van der Waals surface area contributed by atoms with Crippen molar-refractivity contribution >= 4 is 34.4 Å². The minimum atomic E-state index is -0.537. The Balaban J connectivity index is 0.00000423. The number of aryl methyl sites for hydroxylation is 2. The minimum Gasteiger partial charge on any atom is -0.349 e. The highest BCUT2D eigenvalue weighted by Crippen LogP contribution is 2.37. The lowest BCUT2D eigenvalue weighted by Gasteiger charge is -2.44. The van der Waals surface area contributed by atoms with Gasteiger partial charge in [-0.15, -0.1) is 0 Å². The first kappa shape index (κ1) is 31.8. The number of hydrogen-bond donors (Lipinski definition) is 0. The van der Waals surface area contributed by atoms with Gasteiger partial charge in [-0.25, -0.2) is 18.7 Å². The van der Waals surface area contributed by atoms with Crippen LogP contribution in [-0.4, -0.2) is 55.5 Å². The summed E-state index contributed by atoms with van der Waals surface area (Å²) in [5.74, 6) is -0.207. The molecule has 2 atom stereocenters. The molecule has 1 aliphatic heterocycles. The number of nitrogens with zero attached hydrogens (tertiary/aromatic N) is 6. The van der Waals surface area contributed by atoms with Crippen molar-refractivity contribution < 1.29 is 9.18 Å². The lowest BCUT2D eigenvalue weighted by atomic mass is 10.0. The second kappa shape index (κ2) is 12.2. The average molecular weight is 605 g/mol. The Hall–Kier alpha value is -4.11. The van der Waals surface area contributed by atoms with Crippen molar-refractivity contribution in [2.45, 2.75) is 67.0 Å². The predicted molar refractivity (Wildman–Crippen MR) is 172 cm³/mol. The third-order valence-corrected chi connectivity index (χ3v) is 8.11. The van der Waals surface area contributed by atoms with E-state index in [9.17, 15) is 9.59 Å². The van der Waals surface area contributed by atoms with Gasteiger partial charge in [0.05, 0.1) is 27.5 Å². The van der Waals surface area contributed by atoms with Crippen LogP contribution in [0.5, 0.6) is 0 Å². The molecule has 5 rings (SSSR count). The van der Waals surface area contributed by atoms with Crippen molar-refractivity contribution in [3.05, 3.63) is 87.3 Å². The van der Waals surface area contributed by atoms with Gasteiger partial charge in [-0.05, 0) is 69.5 Å². The Labute approximate surface area is 256 Å². The smallest absolute Gasteiger partial charge is 0.349 e. The predicted octanol–water partition coefficient (Wildman–Crippen LogP) is 6.62. The van der Waals surface area contributed by atoms with E-state index in [2.05, 4.69) is 16.5 Å². The zero-order chi connectivity index (χ0) is 30.5. The summed E-state index contributed by atoms with van der Waals surface area (Å²) in [5, 5.41) is 0.769. The van der Waals surface area contributed by atoms with Gasteiger partial charge in [0.1, 0.15) is 11.6 Å². The fraction of sp³-hybridized carbons (Fsp3) is 0.364. The Morgan fingerprint density at radius 3 is 2.51 bits per heavy atom. The summed E-state index contributed by atoms with van der Waals surface area (Å²) in [6, 6.07) is 7.96. The molecule has 10 heteroatoms. The first-order chi connectivity index (χ1) is 19.9. The van der Waals surface area contributed by atoms with Crippen molar-refractivity contribution in [1.82, 2.24) is 24.4 Å². The molecule has 0 spiro atoms. The van der Waals surface area contributed by atoms with Gasteiger partial charge in [0.2, 0.25) is 5.91 Å². The van der Waals surface area contributed by atoms with Crippen LogP contribution in [0.3, 0.4) is 0 Å². The molecule has 0 saturated carbocycles. The molecule has 43 heavy (non-hydrogen) atoms. The van der Waals surface area contributed by atoms with Crippen LogP contribution in [0, 0.1) is 19.7 Å². The summed E-state index contributed by atoms with van der Waals surface area (Å²) in [6.45, 7) is 16.2. The molecular formula is C33H38ClFN6O2. The number of fused-ring (bicyclic) bond motifs is 1. The van der Waals surface area contributed by atoms with E-state index < -0.39 is 11.5 Å². The van der Waals surface area contributed by atoms with Crippen LogP contribution < -0.4 is 10.6 Å². The number of amides is 1. The summed E-state index contributed by atoms with van der Waals surface area (Å²) in [4.78, 5) is 44.4. The van der Waals surface area contributed by atoms with Gasteiger partial charge in [-0.3, -0.25) is 9.78 Å². The highest BCUT2D eigenvalue weighted by molar-refractivity contribution is 6.33.